The summed E-state index contributed by atoms with van der Waals surface area (Å²) < 4.78 is 5.23. The Labute approximate surface area is 125 Å². The quantitative estimate of drug-likeness (QED) is 0.674. The summed E-state index contributed by atoms with van der Waals surface area (Å²) in [6.45, 7) is 3.20. The molecule has 0 aromatic rings. The van der Waals surface area contributed by atoms with Crippen molar-refractivity contribution in [2.24, 2.45) is 11.3 Å². The maximum absolute atomic E-state index is 11.9. The SMILES string of the molecule is O=C(CCC1CCNCC1)NCC1(C(=O)O)CCOCC1. The average Bonchev–Trinajstić information content (AvgIpc) is 2.52. The lowest BCUT2D eigenvalue weighted by Crippen LogP contribution is -2.46. The van der Waals surface area contributed by atoms with Crippen molar-refractivity contribution in [1.29, 1.82) is 0 Å². The van der Waals surface area contributed by atoms with Crippen molar-refractivity contribution in [1.82, 2.24) is 10.6 Å². The van der Waals surface area contributed by atoms with Gasteiger partial charge in [0.25, 0.3) is 0 Å². The van der Waals surface area contributed by atoms with Crippen molar-refractivity contribution in [3.05, 3.63) is 0 Å². The number of hydrogen-bond acceptors (Lipinski definition) is 4. The molecule has 0 bridgehead atoms. The van der Waals surface area contributed by atoms with Crippen LogP contribution in [0.5, 0.6) is 0 Å². The highest BCUT2D eigenvalue weighted by Crippen LogP contribution is 2.30. The molecule has 2 fully saturated rings. The highest BCUT2D eigenvalue weighted by molar-refractivity contribution is 5.79. The molecule has 0 aromatic heterocycles. The lowest BCUT2D eigenvalue weighted by atomic mass is 9.80. The zero-order chi connectivity index (χ0) is 15.1. The fourth-order valence-corrected chi connectivity index (χ4v) is 3.09. The number of carboxylic acid groups (broad SMARTS) is 1. The van der Waals surface area contributed by atoms with Crippen molar-refractivity contribution in [3.8, 4) is 0 Å². The van der Waals surface area contributed by atoms with Crippen LogP contribution < -0.4 is 10.6 Å². The Morgan fingerprint density at radius 3 is 2.52 bits per heavy atom. The third-order valence-corrected chi connectivity index (χ3v) is 4.77. The molecule has 2 aliphatic heterocycles. The van der Waals surface area contributed by atoms with Gasteiger partial charge in [-0.2, -0.15) is 0 Å². The van der Waals surface area contributed by atoms with Crippen LogP contribution in [0.3, 0.4) is 0 Å². The van der Waals surface area contributed by atoms with Crippen LogP contribution in [0.15, 0.2) is 0 Å². The third-order valence-electron chi connectivity index (χ3n) is 4.77. The van der Waals surface area contributed by atoms with E-state index >= 15 is 0 Å². The average molecular weight is 298 g/mol. The number of carbonyl (C=O) groups excluding carboxylic acids is 1. The second-order valence-corrected chi connectivity index (χ2v) is 6.21. The molecule has 2 heterocycles. The standard InChI is InChI=1S/C15H26N2O4/c18-13(2-1-12-3-7-16-8-4-12)17-11-15(14(19)20)5-9-21-10-6-15/h12,16H,1-11H2,(H,17,18)(H,19,20). The molecule has 2 saturated heterocycles. The second-order valence-electron chi connectivity index (χ2n) is 6.21. The van der Waals surface area contributed by atoms with E-state index in [0.29, 0.717) is 38.4 Å². The van der Waals surface area contributed by atoms with Gasteiger partial charge in [0, 0.05) is 26.2 Å². The summed E-state index contributed by atoms with van der Waals surface area (Å²) in [4.78, 5) is 23.4. The Hall–Kier alpha value is -1.14. The summed E-state index contributed by atoms with van der Waals surface area (Å²) in [7, 11) is 0. The Bertz CT molecular complexity index is 361. The summed E-state index contributed by atoms with van der Waals surface area (Å²) >= 11 is 0. The van der Waals surface area contributed by atoms with Gasteiger partial charge in [-0.3, -0.25) is 9.59 Å². The first-order valence-electron chi connectivity index (χ1n) is 7.91. The number of aliphatic carboxylic acids is 1. The van der Waals surface area contributed by atoms with E-state index in [-0.39, 0.29) is 12.5 Å². The van der Waals surface area contributed by atoms with Crippen LogP contribution >= 0.6 is 0 Å². The van der Waals surface area contributed by atoms with Gasteiger partial charge in [-0.15, -0.1) is 0 Å². The lowest BCUT2D eigenvalue weighted by Gasteiger charge is -2.33. The molecule has 0 saturated carbocycles. The Kier molecular flexibility index (Phi) is 5.99. The van der Waals surface area contributed by atoms with Crippen LogP contribution in [0.25, 0.3) is 0 Å². The van der Waals surface area contributed by atoms with E-state index in [1.165, 1.54) is 0 Å². The zero-order valence-corrected chi connectivity index (χ0v) is 12.5. The minimum atomic E-state index is -0.845. The van der Waals surface area contributed by atoms with E-state index in [2.05, 4.69) is 10.6 Å². The van der Waals surface area contributed by atoms with Crippen molar-refractivity contribution in [2.75, 3.05) is 32.8 Å². The van der Waals surface area contributed by atoms with Crippen LogP contribution in [-0.4, -0.2) is 49.8 Å². The number of amides is 1. The first-order valence-corrected chi connectivity index (χ1v) is 7.91. The van der Waals surface area contributed by atoms with E-state index < -0.39 is 11.4 Å². The molecule has 0 aromatic carbocycles. The molecule has 3 N–H and O–H groups in total. The number of ether oxygens (including phenoxy) is 1. The zero-order valence-electron chi connectivity index (χ0n) is 12.5. The summed E-state index contributed by atoms with van der Waals surface area (Å²) in [5.41, 5.74) is -0.845. The predicted octanol–water partition coefficient (Wildman–Crippen LogP) is 0.764. The molecule has 1 amide bonds. The molecule has 6 nitrogen and oxygen atoms in total. The van der Waals surface area contributed by atoms with E-state index in [4.69, 9.17) is 4.74 Å². The van der Waals surface area contributed by atoms with E-state index in [1.54, 1.807) is 0 Å². The van der Waals surface area contributed by atoms with Gasteiger partial charge in [-0.25, -0.2) is 0 Å². The fraction of sp³-hybridized carbons (Fsp3) is 0.867. The van der Waals surface area contributed by atoms with Gasteiger partial charge in [-0.1, -0.05) is 0 Å². The topological polar surface area (TPSA) is 87.7 Å². The van der Waals surface area contributed by atoms with Crippen LogP contribution in [0.4, 0.5) is 0 Å². The maximum atomic E-state index is 11.9. The normalized spacial score (nSPS) is 22.7. The number of rotatable bonds is 6. The minimum Gasteiger partial charge on any atom is -0.481 e. The highest BCUT2D eigenvalue weighted by atomic mass is 16.5. The van der Waals surface area contributed by atoms with E-state index in [9.17, 15) is 14.7 Å². The van der Waals surface area contributed by atoms with Gasteiger partial charge in [-0.05, 0) is 51.1 Å². The Balaban J connectivity index is 1.72. The molecular formula is C15H26N2O4. The molecule has 0 unspecified atom stereocenters. The van der Waals surface area contributed by atoms with Gasteiger partial charge in [0.15, 0.2) is 0 Å². The maximum Gasteiger partial charge on any atom is 0.311 e. The van der Waals surface area contributed by atoms with Gasteiger partial charge in [0.05, 0.1) is 5.41 Å². The Morgan fingerprint density at radius 2 is 1.90 bits per heavy atom. The molecule has 0 aliphatic carbocycles. The predicted molar refractivity (Wildman–Crippen MR) is 78.0 cm³/mol. The molecule has 0 radical (unpaired) electrons. The third kappa shape index (κ3) is 4.68. The largest absolute Gasteiger partial charge is 0.481 e. The molecule has 0 spiro atoms. The van der Waals surface area contributed by atoms with E-state index in [1.807, 2.05) is 0 Å². The molecule has 2 aliphatic rings. The van der Waals surface area contributed by atoms with Gasteiger partial charge in [0.1, 0.15) is 0 Å². The number of carboxylic acids is 1. The fourth-order valence-electron chi connectivity index (χ4n) is 3.09. The molecule has 0 atom stereocenters. The van der Waals surface area contributed by atoms with Crippen molar-refractivity contribution >= 4 is 11.9 Å². The van der Waals surface area contributed by atoms with Crippen molar-refractivity contribution in [2.45, 2.75) is 38.5 Å². The lowest BCUT2D eigenvalue weighted by molar-refractivity contribution is -0.154. The molecule has 6 heteroatoms. The summed E-state index contributed by atoms with van der Waals surface area (Å²) in [6.07, 6.45) is 4.59. The molecule has 120 valence electrons. The van der Waals surface area contributed by atoms with Gasteiger partial charge >= 0.3 is 5.97 Å². The van der Waals surface area contributed by atoms with Crippen molar-refractivity contribution < 1.29 is 19.4 Å². The summed E-state index contributed by atoms with van der Waals surface area (Å²) in [6, 6.07) is 0. The number of piperidine rings is 1. The van der Waals surface area contributed by atoms with Crippen LogP contribution in [0.2, 0.25) is 0 Å². The first-order chi connectivity index (χ1) is 10.1. The van der Waals surface area contributed by atoms with Gasteiger partial charge in [0.2, 0.25) is 5.91 Å². The number of hydrogen-bond donors (Lipinski definition) is 3. The highest BCUT2D eigenvalue weighted by Gasteiger charge is 2.40. The first kappa shape index (κ1) is 16.2. The minimum absolute atomic E-state index is 0.0272. The number of carbonyl (C=O) groups is 2. The Morgan fingerprint density at radius 1 is 1.24 bits per heavy atom. The van der Waals surface area contributed by atoms with E-state index in [0.717, 1.165) is 32.4 Å². The summed E-state index contributed by atoms with van der Waals surface area (Å²) in [5, 5.41) is 15.6. The molecule has 2 rings (SSSR count). The smallest absolute Gasteiger partial charge is 0.311 e. The monoisotopic (exact) mass is 298 g/mol. The van der Waals surface area contributed by atoms with Crippen molar-refractivity contribution in [3.63, 3.8) is 0 Å². The van der Waals surface area contributed by atoms with Crippen LogP contribution in [-0.2, 0) is 14.3 Å². The summed E-state index contributed by atoms with van der Waals surface area (Å²) in [5.74, 6) is -0.237. The van der Waals surface area contributed by atoms with Gasteiger partial charge < -0.3 is 20.5 Å². The van der Waals surface area contributed by atoms with Crippen LogP contribution in [0.1, 0.15) is 38.5 Å². The molecule has 21 heavy (non-hydrogen) atoms. The second kappa shape index (κ2) is 7.75. The van der Waals surface area contributed by atoms with Crippen LogP contribution in [0, 0.1) is 11.3 Å². The number of nitrogens with one attached hydrogen (secondary N) is 2. The molecular weight excluding hydrogens is 272 g/mol.